The van der Waals surface area contributed by atoms with E-state index in [1.165, 1.54) is 4.52 Å². The summed E-state index contributed by atoms with van der Waals surface area (Å²) in [4.78, 5) is 29.5. The first kappa shape index (κ1) is 20.0. The van der Waals surface area contributed by atoms with E-state index in [0.29, 0.717) is 22.5 Å². The van der Waals surface area contributed by atoms with E-state index in [2.05, 4.69) is 17.0 Å². The molecule has 0 aliphatic rings. The van der Waals surface area contributed by atoms with Crippen LogP contribution in [0.3, 0.4) is 0 Å². The zero-order valence-electron chi connectivity index (χ0n) is 16.6. The molecule has 0 bridgehead atoms. The third-order valence-corrected chi connectivity index (χ3v) is 5.57. The fraction of sp³-hybridized carbons (Fsp3) is 0.217. The summed E-state index contributed by atoms with van der Waals surface area (Å²) in [5.74, 6) is 0.804. The molecule has 0 saturated heterocycles. The second-order valence-electron chi connectivity index (χ2n) is 6.91. The monoisotopic (exact) mass is 419 g/mol. The van der Waals surface area contributed by atoms with Crippen LogP contribution < -0.4 is 20.4 Å². The summed E-state index contributed by atoms with van der Waals surface area (Å²) in [5, 5.41) is 4.29. The largest absolute Gasteiger partial charge is 0.494 e. The minimum absolute atomic E-state index is 0.258. The van der Waals surface area contributed by atoms with Crippen molar-refractivity contribution in [2.24, 2.45) is 0 Å². The highest BCUT2D eigenvalue weighted by atomic mass is 32.1. The topological polar surface area (TPSA) is 73.6 Å². The molecule has 30 heavy (non-hydrogen) atoms. The number of nitrogens with zero attached hydrogens (tertiary/aromatic N) is 3. The van der Waals surface area contributed by atoms with Crippen molar-refractivity contribution >= 4 is 22.4 Å². The van der Waals surface area contributed by atoms with Gasteiger partial charge in [-0.2, -0.15) is 14.6 Å². The molecule has 0 aliphatic heterocycles. The van der Waals surface area contributed by atoms with Gasteiger partial charge in [0.05, 0.1) is 11.1 Å². The van der Waals surface area contributed by atoms with Crippen molar-refractivity contribution in [1.82, 2.24) is 14.6 Å². The van der Waals surface area contributed by atoms with Gasteiger partial charge in [0.25, 0.3) is 11.1 Å². The Morgan fingerprint density at radius 1 is 1.07 bits per heavy atom. The summed E-state index contributed by atoms with van der Waals surface area (Å²) < 4.78 is 7.37. The maximum atomic E-state index is 12.8. The number of fused-ring (bicyclic) bond motifs is 1. The Kier molecular flexibility index (Phi) is 5.99. The van der Waals surface area contributed by atoms with Crippen LogP contribution in [0.2, 0.25) is 0 Å². The van der Waals surface area contributed by atoms with Gasteiger partial charge < -0.3 is 4.74 Å². The molecule has 7 heteroatoms. The van der Waals surface area contributed by atoms with Crippen molar-refractivity contribution in [3.05, 3.63) is 96.7 Å². The second-order valence-corrected chi connectivity index (χ2v) is 7.92. The predicted octanol–water partition coefficient (Wildman–Crippen LogP) is 2.83. The maximum absolute atomic E-state index is 12.8. The van der Waals surface area contributed by atoms with Gasteiger partial charge in [-0.1, -0.05) is 67.1 Å². The van der Waals surface area contributed by atoms with E-state index in [0.717, 1.165) is 41.1 Å². The average molecular weight is 420 g/mol. The van der Waals surface area contributed by atoms with Crippen LogP contribution >= 0.6 is 11.3 Å². The Morgan fingerprint density at radius 3 is 2.57 bits per heavy atom. The molecule has 2 aromatic carbocycles. The summed E-state index contributed by atoms with van der Waals surface area (Å²) in [5.41, 5.74) is 1.39. The number of ether oxygens (including phenoxy) is 1. The van der Waals surface area contributed by atoms with Crippen LogP contribution in [-0.4, -0.2) is 21.2 Å². The summed E-state index contributed by atoms with van der Waals surface area (Å²) in [6.45, 7) is 2.81. The summed E-state index contributed by atoms with van der Waals surface area (Å²) in [6, 6.07) is 17.1. The van der Waals surface area contributed by atoms with E-state index in [1.807, 2.05) is 54.6 Å². The number of hydrogen-bond donors (Lipinski definition) is 0. The molecule has 0 aliphatic carbocycles. The van der Waals surface area contributed by atoms with Crippen molar-refractivity contribution in [2.75, 3.05) is 6.61 Å². The number of aromatic nitrogens is 3. The first-order valence-corrected chi connectivity index (χ1v) is 10.7. The molecule has 0 saturated carbocycles. The van der Waals surface area contributed by atoms with Crippen LogP contribution in [0, 0.1) is 0 Å². The van der Waals surface area contributed by atoms with Crippen molar-refractivity contribution in [3.8, 4) is 5.75 Å². The molecule has 4 aromatic rings. The zero-order valence-corrected chi connectivity index (χ0v) is 17.4. The van der Waals surface area contributed by atoms with Gasteiger partial charge in [0, 0.05) is 6.42 Å². The summed E-state index contributed by atoms with van der Waals surface area (Å²) in [6.07, 6.45) is 4.21. The molecule has 6 nitrogen and oxygen atoms in total. The van der Waals surface area contributed by atoms with Gasteiger partial charge in [0.15, 0.2) is 0 Å². The minimum atomic E-state index is -0.403. The fourth-order valence-electron chi connectivity index (χ4n) is 2.99. The molecule has 0 N–H and O–H groups in total. The highest BCUT2D eigenvalue weighted by Crippen LogP contribution is 2.13. The normalized spacial score (nSPS) is 11.8. The fourth-order valence-corrected chi connectivity index (χ4v) is 3.89. The van der Waals surface area contributed by atoms with Gasteiger partial charge in [0.1, 0.15) is 11.4 Å². The molecular weight excluding hydrogens is 398 g/mol. The lowest BCUT2D eigenvalue weighted by Crippen LogP contribution is -2.28. The molecule has 2 aromatic heterocycles. The SMILES string of the molecule is CCCCOc1ccc(/C=c2\sc3nc(=O)c(Cc4ccccc4)nn3c2=O)cc1. The Bertz CT molecular complexity index is 1310. The summed E-state index contributed by atoms with van der Waals surface area (Å²) >= 11 is 1.16. The van der Waals surface area contributed by atoms with E-state index in [9.17, 15) is 9.59 Å². The molecule has 0 unspecified atom stereocenters. The Hall–Kier alpha value is -3.32. The van der Waals surface area contributed by atoms with Crippen LogP contribution in [0.15, 0.2) is 64.2 Å². The van der Waals surface area contributed by atoms with E-state index >= 15 is 0 Å². The Balaban J connectivity index is 1.64. The molecular formula is C23H21N3O3S. The van der Waals surface area contributed by atoms with Crippen LogP contribution in [0.5, 0.6) is 5.75 Å². The first-order valence-electron chi connectivity index (χ1n) is 9.85. The number of benzene rings is 2. The maximum Gasteiger partial charge on any atom is 0.296 e. The number of rotatable bonds is 7. The predicted molar refractivity (Wildman–Crippen MR) is 118 cm³/mol. The van der Waals surface area contributed by atoms with Crippen LogP contribution in [-0.2, 0) is 6.42 Å². The van der Waals surface area contributed by atoms with Gasteiger partial charge in [0.2, 0.25) is 4.96 Å². The van der Waals surface area contributed by atoms with Crippen LogP contribution in [0.1, 0.15) is 36.6 Å². The van der Waals surface area contributed by atoms with Gasteiger partial charge in [-0.3, -0.25) is 9.59 Å². The van der Waals surface area contributed by atoms with E-state index in [4.69, 9.17) is 4.74 Å². The summed E-state index contributed by atoms with van der Waals surface area (Å²) in [7, 11) is 0. The molecule has 0 atom stereocenters. The molecule has 0 radical (unpaired) electrons. The number of unbranched alkanes of at least 4 members (excludes halogenated alkanes) is 1. The zero-order chi connectivity index (χ0) is 20.9. The Morgan fingerprint density at radius 2 is 1.83 bits per heavy atom. The third kappa shape index (κ3) is 4.46. The molecule has 0 spiro atoms. The highest BCUT2D eigenvalue weighted by molar-refractivity contribution is 7.15. The lowest BCUT2D eigenvalue weighted by atomic mass is 10.1. The smallest absolute Gasteiger partial charge is 0.296 e. The third-order valence-electron chi connectivity index (χ3n) is 4.61. The van der Waals surface area contributed by atoms with Gasteiger partial charge in [-0.15, -0.1) is 0 Å². The quantitative estimate of drug-likeness (QED) is 0.431. The highest BCUT2D eigenvalue weighted by Gasteiger charge is 2.11. The van der Waals surface area contributed by atoms with Crippen molar-refractivity contribution in [2.45, 2.75) is 26.2 Å². The average Bonchev–Trinajstić information content (AvgIpc) is 3.05. The van der Waals surface area contributed by atoms with Crippen molar-refractivity contribution in [1.29, 1.82) is 0 Å². The minimum Gasteiger partial charge on any atom is -0.494 e. The van der Waals surface area contributed by atoms with E-state index < -0.39 is 5.56 Å². The van der Waals surface area contributed by atoms with Crippen LogP contribution in [0.25, 0.3) is 11.0 Å². The molecule has 4 rings (SSSR count). The number of hydrogen-bond acceptors (Lipinski definition) is 6. The van der Waals surface area contributed by atoms with E-state index in [1.54, 1.807) is 6.08 Å². The lowest BCUT2D eigenvalue weighted by Gasteiger charge is -2.04. The second kappa shape index (κ2) is 9.00. The standard InChI is InChI=1S/C23H21N3O3S/c1-2-3-13-29-18-11-9-17(10-12-18)15-20-22(28)26-23(30-20)24-21(27)19(25-26)14-16-7-5-4-6-8-16/h4-12,15H,2-3,13-14H2,1H3/b20-15-. The Labute approximate surface area is 177 Å². The first-order chi connectivity index (χ1) is 14.6. The lowest BCUT2D eigenvalue weighted by molar-refractivity contribution is 0.309. The van der Waals surface area contributed by atoms with E-state index in [-0.39, 0.29) is 11.3 Å². The van der Waals surface area contributed by atoms with Crippen LogP contribution in [0.4, 0.5) is 0 Å². The van der Waals surface area contributed by atoms with Gasteiger partial charge >= 0.3 is 0 Å². The molecule has 0 fully saturated rings. The van der Waals surface area contributed by atoms with Crippen molar-refractivity contribution < 1.29 is 4.74 Å². The number of thiazole rings is 1. The van der Waals surface area contributed by atoms with Gasteiger partial charge in [-0.05, 0) is 35.8 Å². The van der Waals surface area contributed by atoms with Gasteiger partial charge in [-0.25, -0.2) is 0 Å². The van der Waals surface area contributed by atoms with Crippen molar-refractivity contribution in [3.63, 3.8) is 0 Å². The molecule has 0 amide bonds. The molecule has 152 valence electrons. The molecule has 2 heterocycles.